The van der Waals surface area contributed by atoms with Gasteiger partial charge >= 0.3 is 0 Å². The second kappa shape index (κ2) is 9.13. The van der Waals surface area contributed by atoms with Crippen LogP contribution in [0.2, 0.25) is 5.02 Å². The summed E-state index contributed by atoms with van der Waals surface area (Å²) in [4.78, 5) is 26.1. The van der Waals surface area contributed by atoms with Crippen LogP contribution in [-0.2, 0) is 9.59 Å². The van der Waals surface area contributed by atoms with Crippen LogP contribution in [0.3, 0.4) is 0 Å². The minimum absolute atomic E-state index is 0.123. The Labute approximate surface area is 174 Å². The third-order valence-corrected chi connectivity index (χ3v) is 4.55. The molecule has 1 heterocycles. The molecule has 1 N–H and O–H groups in total. The second-order valence-electron chi connectivity index (χ2n) is 6.32. The number of amides is 2. The highest BCUT2D eigenvalue weighted by atomic mass is 35.5. The Morgan fingerprint density at radius 1 is 1.31 bits per heavy atom. The molecule has 2 aromatic carbocycles. The van der Waals surface area contributed by atoms with Gasteiger partial charge in [-0.2, -0.15) is 0 Å². The van der Waals surface area contributed by atoms with Gasteiger partial charge in [-0.15, -0.1) is 6.42 Å². The van der Waals surface area contributed by atoms with E-state index < -0.39 is 0 Å². The summed E-state index contributed by atoms with van der Waals surface area (Å²) in [5.41, 5.74) is 2.83. The first-order chi connectivity index (χ1) is 14.0. The number of rotatable bonds is 5. The average molecular weight is 407 g/mol. The number of halogens is 1. The first kappa shape index (κ1) is 20.2. The minimum Gasteiger partial charge on any atom is -0.488 e. The number of hydrogen-bond acceptors (Lipinski definition) is 3. The lowest BCUT2D eigenvalue weighted by molar-refractivity contribution is -0.121. The van der Waals surface area contributed by atoms with Gasteiger partial charge in [0.1, 0.15) is 18.9 Å². The SMILES string of the molecule is C#Cc1cccc(N(CC(=O)NC)C(=O)/C=C/C2=Cc3cc(Cl)ccc3OC2)c1. The fourth-order valence-electron chi connectivity index (χ4n) is 2.81. The van der Waals surface area contributed by atoms with E-state index in [0.29, 0.717) is 22.9 Å². The molecular formula is C23H19ClN2O3. The van der Waals surface area contributed by atoms with Gasteiger partial charge in [-0.3, -0.25) is 14.5 Å². The molecule has 0 saturated carbocycles. The Hall–Kier alpha value is -3.49. The van der Waals surface area contributed by atoms with E-state index in [2.05, 4.69) is 11.2 Å². The molecule has 6 heteroatoms. The highest BCUT2D eigenvalue weighted by Gasteiger charge is 2.17. The van der Waals surface area contributed by atoms with Gasteiger partial charge in [-0.05, 0) is 48.0 Å². The van der Waals surface area contributed by atoms with Crippen LogP contribution < -0.4 is 15.0 Å². The zero-order valence-corrected chi connectivity index (χ0v) is 16.6. The van der Waals surface area contributed by atoms with Crippen LogP contribution >= 0.6 is 11.6 Å². The number of carbonyl (C=O) groups is 2. The third-order valence-electron chi connectivity index (χ3n) is 4.32. The summed E-state index contributed by atoms with van der Waals surface area (Å²) in [6.45, 7) is 0.210. The number of nitrogens with one attached hydrogen (secondary N) is 1. The zero-order valence-electron chi connectivity index (χ0n) is 15.8. The smallest absolute Gasteiger partial charge is 0.251 e. The lowest BCUT2D eigenvalue weighted by Gasteiger charge is -2.21. The van der Waals surface area contributed by atoms with E-state index in [1.54, 1.807) is 42.5 Å². The third kappa shape index (κ3) is 5.07. The summed E-state index contributed by atoms with van der Waals surface area (Å²) in [7, 11) is 1.52. The van der Waals surface area contributed by atoms with Crippen molar-refractivity contribution in [3.8, 4) is 18.1 Å². The van der Waals surface area contributed by atoms with E-state index in [0.717, 1.165) is 16.9 Å². The van der Waals surface area contributed by atoms with Crippen molar-refractivity contribution in [1.29, 1.82) is 0 Å². The Kier molecular flexibility index (Phi) is 6.38. The molecule has 0 unspecified atom stereocenters. The van der Waals surface area contributed by atoms with Crippen LogP contribution in [0.4, 0.5) is 5.69 Å². The van der Waals surface area contributed by atoms with Crippen molar-refractivity contribution in [1.82, 2.24) is 5.32 Å². The predicted molar refractivity (Wildman–Crippen MR) is 115 cm³/mol. The Bertz CT molecular complexity index is 1050. The number of anilines is 1. The van der Waals surface area contributed by atoms with Gasteiger partial charge < -0.3 is 10.1 Å². The van der Waals surface area contributed by atoms with Crippen LogP contribution in [0.1, 0.15) is 11.1 Å². The number of carbonyl (C=O) groups excluding carboxylic acids is 2. The van der Waals surface area contributed by atoms with Crippen LogP contribution in [0.25, 0.3) is 6.08 Å². The van der Waals surface area contributed by atoms with E-state index in [1.165, 1.54) is 18.0 Å². The molecule has 0 atom stereocenters. The minimum atomic E-state index is -0.347. The quantitative estimate of drug-likeness (QED) is 0.611. The summed E-state index contributed by atoms with van der Waals surface area (Å²) in [6, 6.07) is 12.3. The van der Waals surface area contributed by atoms with Gasteiger partial charge in [0.2, 0.25) is 5.91 Å². The Morgan fingerprint density at radius 3 is 2.90 bits per heavy atom. The summed E-state index contributed by atoms with van der Waals surface area (Å²) in [5, 5.41) is 3.14. The van der Waals surface area contributed by atoms with Crippen LogP contribution in [-0.4, -0.2) is 32.0 Å². The van der Waals surface area contributed by atoms with Crippen molar-refractivity contribution < 1.29 is 14.3 Å². The van der Waals surface area contributed by atoms with Crippen molar-refractivity contribution >= 4 is 35.2 Å². The van der Waals surface area contributed by atoms with Crippen LogP contribution in [0, 0.1) is 12.3 Å². The molecule has 2 amide bonds. The number of fused-ring (bicyclic) bond motifs is 1. The van der Waals surface area contributed by atoms with E-state index in [9.17, 15) is 9.59 Å². The standard InChI is InChI=1S/C23H19ClN2O3/c1-3-16-5-4-6-20(12-16)26(14-22(27)25-2)23(28)10-7-17-11-18-13-19(24)8-9-21(18)29-15-17/h1,4-13H,14-15H2,2H3,(H,25,27)/b10-7+. The molecule has 0 spiro atoms. The van der Waals surface area contributed by atoms with E-state index in [1.807, 2.05) is 12.1 Å². The van der Waals surface area contributed by atoms with Gasteiger partial charge in [0, 0.05) is 35.0 Å². The fourth-order valence-corrected chi connectivity index (χ4v) is 2.99. The lowest BCUT2D eigenvalue weighted by Crippen LogP contribution is -2.39. The Morgan fingerprint density at radius 2 is 2.14 bits per heavy atom. The number of nitrogens with zero attached hydrogens (tertiary/aromatic N) is 1. The second-order valence-corrected chi connectivity index (χ2v) is 6.75. The highest BCUT2D eigenvalue weighted by molar-refractivity contribution is 6.30. The van der Waals surface area contributed by atoms with Crippen molar-refractivity contribution in [2.24, 2.45) is 0 Å². The first-order valence-electron chi connectivity index (χ1n) is 8.90. The van der Waals surface area contributed by atoms with Crippen molar-refractivity contribution in [2.45, 2.75) is 0 Å². The molecule has 146 valence electrons. The maximum absolute atomic E-state index is 12.9. The molecule has 3 rings (SSSR count). The monoisotopic (exact) mass is 406 g/mol. The molecule has 29 heavy (non-hydrogen) atoms. The van der Waals surface area contributed by atoms with Crippen LogP contribution in [0.5, 0.6) is 5.75 Å². The number of ether oxygens (including phenoxy) is 1. The highest BCUT2D eigenvalue weighted by Crippen LogP contribution is 2.29. The number of benzene rings is 2. The fraction of sp³-hybridized carbons (Fsp3) is 0.130. The van der Waals surface area contributed by atoms with E-state index in [4.69, 9.17) is 22.8 Å². The molecule has 0 aliphatic carbocycles. The molecule has 0 saturated heterocycles. The molecule has 0 aromatic heterocycles. The normalized spacial score (nSPS) is 12.4. The molecule has 5 nitrogen and oxygen atoms in total. The topological polar surface area (TPSA) is 58.6 Å². The molecule has 0 bridgehead atoms. The van der Waals surface area contributed by atoms with Crippen LogP contribution in [0.15, 0.2) is 60.2 Å². The van der Waals surface area contributed by atoms with Gasteiger partial charge in [-0.25, -0.2) is 0 Å². The van der Waals surface area contributed by atoms with Crippen molar-refractivity contribution in [2.75, 3.05) is 25.1 Å². The molecular weight excluding hydrogens is 388 g/mol. The van der Waals surface area contributed by atoms with Crippen molar-refractivity contribution in [3.05, 3.63) is 76.3 Å². The number of terminal acetylenes is 1. The maximum Gasteiger partial charge on any atom is 0.251 e. The molecule has 0 fully saturated rings. The summed E-state index contributed by atoms with van der Waals surface area (Å²) in [5.74, 6) is 2.64. The summed E-state index contributed by atoms with van der Waals surface area (Å²) >= 11 is 6.03. The summed E-state index contributed by atoms with van der Waals surface area (Å²) in [6.07, 6.45) is 10.5. The van der Waals surface area contributed by atoms with E-state index in [-0.39, 0.29) is 18.4 Å². The van der Waals surface area contributed by atoms with E-state index >= 15 is 0 Å². The molecule has 0 radical (unpaired) electrons. The maximum atomic E-state index is 12.9. The molecule has 1 aliphatic heterocycles. The van der Waals surface area contributed by atoms with Gasteiger partial charge in [0.25, 0.3) is 5.91 Å². The number of hydrogen-bond donors (Lipinski definition) is 1. The Balaban J connectivity index is 1.84. The lowest BCUT2D eigenvalue weighted by atomic mass is 10.1. The average Bonchev–Trinajstić information content (AvgIpc) is 2.75. The largest absolute Gasteiger partial charge is 0.488 e. The number of likely N-dealkylation sites (N-methyl/N-ethyl adjacent to an activating group) is 1. The van der Waals surface area contributed by atoms with Crippen molar-refractivity contribution in [3.63, 3.8) is 0 Å². The zero-order chi connectivity index (χ0) is 20.8. The summed E-state index contributed by atoms with van der Waals surface area (Å²) < 4.78 is 5.69. The van der Waals surface area contributed by atoms with Gasteiger partial charge in [-0.1, -0.05) is 29.7 Å². The predicted octanol–water partition coefficient (Wildman–Crippen LogP) is 3.43. The molecule has 1 aliphatic rings. The first-order valence-corrected chi connectivity index (χ1v) is 9.27. The van der Waals surface area contributed by atoms with Gasteiger partial charge in [0.15, 0.2) is 0 Å². The van der Waals surface area contributed by atoms with Gasteiger partial charge in [0.05, 0.1) is 0 Å². The molecule has 2 aromatic rings.